The Balaban J connectivity index is 1.74. The van der Waals surface area contributed by atoms with Gasteiger partial charge in [0.25, 0.3) is 0 Å². The summed E-state index contributed by atoms with van der Waals surface area (Å²) in [5.41, 5.74) is 1.65. The fourth-order valence-corrected chi connectivity index (χ4v) is 2.53. The maximum absolute atomic E-state index is 12.2. The number of rotatable bonds is 6. The molecule has 0 aliphatic heterocycles. The summed E-state index contributed by atoms with van der Waals surface area (Å²) in [6, 6.07) is 14.8. The monoisotopic (exact) mass is 393 g/mol. The van der Waals surface area contributed by atoms with E-state index >= 15 is 0 Å². The predicted molar refractivity (Wildman–Crippen MR) is 107 cm³/mol. The van der Waals surface area contributed by atoms with Gasteiger partial charge in [-0.15, -0.1) is 0 Å². The molecule has 0 N–H and O–H groups in total. The topological polar surface area (TPSA) is 65.5 Å². The van der Waals surface area contributed by atoms with Crippen molar-refractivity contribution in [1.29, 1.82) is 0 Å². The van der Waals surface area contributed by atoms with E-state index in [0.29, 0.717) is 21.9 Å². The van der Waals surface area contributed by atoms with Crippen LogP contribution in [0.2, 0.25) is 5.02 Å². The molecule has 140 valence electrons. The number of ketones is 1. The van der Waals surface area contributed by atoms with Crippen molar-refractivity contribution in [3.05, 3.63) is 94.8 Å². The minimum atomic E-state index is -0.512. The summed E-state index contributed by atoms with van der Waals surface area (Å²) in [6.07, 6.45) is 6.15. The fourth-order valence-electron chi connectivity index (χ4n) is 2.40. The minimum Gasteiger partial charge on any atom is -0.493 e. The smallest absolute Gasteiger partial charge is 0.343 e. The van der Waals surface area contributed by atoms with Crippen LogP contribution in [0.1, 0.15) is 26.3 Å². The molecule has 2 aromatic carbocycles. The van der Waals surface area contributed by atoms with Gasteiger partial charge in [-0.3, -0.25) is 9.78 Å². The Bertz CT molecular complexity index is 1010. The minimum absolute atomic E-state index is 0.149. The van der Waals surface area contributed by atoms with Crippen LogP contribution in [0.15, 0.2) is 73.1 Å². The number of methoxy groups -OCH3 is 1. The highest BCUT2D eigenvalue weighted by atomic mass is 35.5. The molecule has 28 heavy (non-hydrogen) atoms. The molecule has 1 aromatic heterocycles. The number of aromatic nitrogens is 1. The molecule has 0 radical (unpaired) electrons. The number of hydrogen-bond donors (Lipinski definition) is 0. The molecule has 0 aliphatic rings. The van der Waals surface area contributed by atoms with Crippen LogP contribution in [-0.2, 0) is 0 Å². The Kier molecular flexibility index (Phi) is 6.19. The van der Waals surface area contributed by atoms with E-state index < -0.39 is 5.97 Å². The van der Waals surface area contributed by atoms with Crippen molar-refractivity contribution in [3.63, 3.8) is 0 Å². The van der Waals surface area contributed by atoms with Gasteiger partial charge >= 0.3 is 5.97 Å². The van der Waals surface area contributed by atoms with Gasteiger partial charge in [-0.1, -0.05) is 23.7 Å². The number of esters is 1. The molecule has 0 unspecified atom stereocenters. The van der Waals surface area contributed by atoms with Crippen molar-refractivity contribution in [3.8, 4) is 11.5 Å². The molecule has 0 bridgehead atoms. The fraction of sp³-hybridized carbons (Fsp3) is 0.0455. The summed E-state index contributed by atoms with van der Waals surface area (Å²) in [5.74, 6) is -0.000258. The number of nitrogens with zero attached hydrogens (tertiary/aromatic N) is 1. The second kappa shape index (κ2) is 8.97. The van der Waals surface area contributed by atoms with Crippen LogP contribution in [0, 0.1) is 0 Å². The number of pyridine rings is 1. The summed E-state index contributed by atoms with van der Waals surface area (Å²) in [5, 5.41) is 0.571. The molecule has 6 heteroatoms. The van der Waals surface area contributed by atoms with E-state index in [1.165, 1.54) is 25.6 Å². The van der Waals surface area contributed by atoms with Crippen molar-refractivity contribution in [2.75, 3.05) is 7.11 Å². The molecule has 3 aromatic rings. The normalized spacial score (nSPS) is 10.6. The van der Waals surface area contributed by atoms with E-state index in [9.17, 15) is 9.59 Å². The van der Waals surface area contributed by atoms with Gasteiger partial charge < -0.3 is 9.47 Å². The van der Waals surface area contributed by atoms with E-state index in [2.05, 4.69) is 4.98 Å². The first-order valence-electron chi connectivity index (χ1n) is 8.35. The van der Waals surface area contributed by atoms with Gasteiger partial charge in [-0.25, -0.2) is 4.79 Å². The predicted octanol–water partition coefficient (Wildman–Crippen LogP) is 4.86. The maximum atomic E-state index is 12.2. The number of carbonyl (C=O) groups is 2. The van der Waals surface area contributed by atoms with Crippen molar-refractivity contribution in [2.24, 2.45) is 0 Å². The van der Waals surface area contributed by atoms with Crippen LogP contribution in [-0.4, -0.2) is 23.8 Å². The van der Waals surface area contributed by atoms with Crippen LogP contribution >= 0.6 is 11.6 Å². The highest BCUT2D eigenvalue weighted by molar-refractivity contribution is 6.30. The van der Waals surface area contributed by atoms with Crippen molar-refractivity contribution in [2.45, 2.75) is 0 Å². The van der Waals surface area contributed by atoms with Gasteiger partial charge in [-0.05, 0) is 60.2 Å². The molecule has 5 nitrogen and oxygen atoms in total. The van der Waals surface area contributed by atoms with Crippen molar-refractivity contribution < 1.29 is 19.1 Å². The van der Waals surface area contributed by atoms with Gasteiger partial charge in [-0.2, -0.15) is 0 Å². The third-order valence-electron chi connectivity index (χ3n) is 3.86. The lowest BCUT2D eigenvalue weighted by atomic mass is 10.1. The van der Waals surface area contributed by atoms with Gasteiger partial charge in [0, 0.05) is 23.0 Å². The summed E-state index contributed by atoms with van der Waals surface area (Å²) in [6.45, 7) is 0. The number of allylic oxidation sites excluding steroid dienone is 1. The molecule has 0 atom stereocenters. The molecular weight excluding hydrogens is 378 g/mol. The van der Waals surface area contributed by atoms with Gasteiger partial charge in [0.15, 0.2) is 17.3 Å². The number of benzene rings is 2. The zero-order valence-corrected chi connectivity index (χ0v) is 15.7. The molecule has 0 saturated carbocycles. The maximum Gasteiger partial charge on any atom is 0.343 e. The van der Waals surface area contributed by atoms with Gasteiger partial charge in [0.2, 0.25) is 0 Å². The number of halogens is 1. The molecular formula is C22H16ClNO4. The molecule has 0 spiro atoms. The lowest BCUT2D eigenvalue weighted by Gasteiger charge is -2.10. The summed E-state index contributed by atoms with van der Waals surface area (Å²) >= 11 is 5.83. The Hall–Kier alpha value is -3.44. The Labute approximate surface area is 167 Å². The SMILES string of the molecule is COc1cc(/C=C\C(=O)c2ccc(Cl)cc2)ccc1OC(=O)c1ccncc1. The summed E-state index contributed by atoms with van der Waals surface area (Å²) in [7, 11) is 1.48. The van der Waals surface area contributed by atoms with E-state index in [0.717, 1.165) is 5.56 Å². The van der Waals surface area contributed by atoms with Crippen LogP contribution in [0.4, 0.5) is 0 Å². The molecule has 3 rings (SSSR count). The van der Waals surface area contributed by atoms with Gasteiger partial charge in [0.1, 0.15) is 0 Å². The first kappa shape index (κ1) is 19.3. The Morgan fingerprint density at radius 2 is 1.64 bits per heavy atom. The average Bonchev–Trinajstić information content (AvgIpc) is 2.73. The van der Waals surface area contributed by atoms with Crippen LogP contribution < -0.4 is 9.47 Å². The molecule has 0 aliphatic carbocycles. The third-order valence-corrected chi connectivity index (χ3v) is 4.11. The molecule has 0 fully saturated rings. The third kappa shape index (κ3) is 4.84. The highest BCUT2D eigenvalue weighted by Gasteiger charge is 2.12. The quantitative estimate of drug-likeness (QED) is 0.259. The zero-order valence-electron chi connectivity index (χ0n) is 15.0. The second-order valence-corrected chi connectivity index (χ2v) is 6.18. The number of carbonyl (C=O) groups excluding carboxylic acids is 2. The van der Waals surface area contributed by atoms with E-state index in [1.807, 2.05) is 0 Å². The summed E-state index contributed by atoms with van der Waals surface area (Å²) < 4.78 is 10.7. The molecule has 1 heterocycles. The lowest BCUT2D eigenvalue weighted by molar-refractivity contribution is 0.0729. The highest BCUT2D eigenvalue weighted by Crippen LogP contribution is 2.29. The Morgan fingerprint density at radius 1 is 0.929 bits per heavy atom. The lowest BCUT2D eigenvalue weighted by Crippen LogP contribution is -2.09. The molecule has 0 amide bonds. The first-order valence-corrected chi connectivity index (χ1v) is 8.73. The van der Waals surface area contributed by atoms with Crippen molar-refractivity contribution >= 4 is 29.4 Å². The van der Waals surface area contributed by atoms with Crippen molar-refractivity contribution in [1.82, 2.24) is 4.98 Å². The second-order valence-electron chi connectivity index (χ2n) is 5.74. The van der Waals surface area contributed by atoms with E-state index in [-0.39, 0.29) is 11.5 Å². The van der Waals surface area contributed by atoms with E-state index in [1.54, 1.807) is 60.7 Å². The Morgan fingerprint density at radius 3 is 2.32 bits per heavy atom. The average molecular weight is 394 g/mol. The number of hydrogen-bond acceptors (Lipinski definition) is 5. The van der Waals surface area contributed by atoms with Crippen LogP contribution in [0.25, 0.3) is 6.08 Å². The first-order chi connectivity index (χ1) is 13.6. The van der Waals surface area contributed by atoms with Gasteiger partial charge in [0.05, 0.1) is 12.7 Å². The van der Waals surface area contributed by atoms with E-state index in [4.69, 9.17) is 21.1 Å². The molecule has 0 saturated heterocycles. The van der Waals surface area contributed by atoms with Crippen LogP contribution in [0.5, 0.6) is 11.5 Å². The zero-order chi connectivity index (χ0) is 19.9. The standard InChI is InChI=1S/C22H16ClNO4/c1-27-21-14-15(2-8-19(25)16-4-6-18(23)7-5-16)3-9-20(21)28-22(26)17-10-12-24-13-11-17/h2-14H,1H3/b8-2-. The van der Waals surface area contributed by atoms with Crippen LogP contribution in [0.3, 0.4) is 0 Å². The summed E-state index contributed by atoms with van der Waals surface area (Å²) in [4.78, 5) is 28.3. The number of ether oxygens (including phenoxy) is 2. The largest absolute Gasteiger partial charge is 0.493 e.